The summed E-state index contributed by atoms with van der Waals surface area (Å²) in [6.45, 7) is 8.44. The Balaban J connectivity index is 2.16. The maximum atomic E-state index is 5.96. The van der Waals surface area contributed by atoms with E-state index in [9.17, 15) is 0 Å². The van der Waals surface area contributed by atoms with E-state index in [2.05, 4.69) is 38.1 Å². The van der Waals surface area contributed by atoms with Crippen molar-refractivity contribution in [2.24, 2.45) is 0 Å². The van der Waals surface area contributed by atoms with Gasteiger partial charge in [0, 0.05) is 21.5 Å². The maximum absolute atomic E-state index is 5.96. The minimum atomic E-state index is 0.148. The van der Waals surface area contributed by atoms with Crippen molar-refractivity contribution in [1.82, 2.24) is 0 Å². The average Bonchev–Trinajstić information content (AvgIpc) is 2.37. The van der Waals surface area contributed by atoms with Crippen molar-refractivity contribution in [3.8, 4) is 5.75 Å². The number of rotatable bonds is 5. The number of hydrogen-bond donors (Lipinski definition) is 1. The van der Waals surface area contributed by atoms with Gasteiger partial charge in [-0.2, -0.15) is 0 Å². The normalized spacial score (nSPS) is 11.1. The molecule has 0 aliphatic heterocycles. The van der Waals surface area contributed by atoms with Gasteiger partial charge in [0.1, 0.15) is 5.75 Å². The van der Waals surface area contributed by atoms with Crippen LogP contribution in [0.5, 0.6) is 5.75 Å². The van der Waals surface area contributed by atoms with E-state index >= 15 is 0 Å². The first kappa shape index (κ1) is 15.8. The molecule has 0 saturated heterocycles. The average molecular weight is 301 g/mol. The molecule has 2 aromatic carbocycles. The summed E-state index contributed by atoms with van der Waals surface area (Å²) < 4.78 is 5.73. The van der Waals surface area contributed by atoms with Gasteiger partial charge >= 0.3 is 0 Å². The molecule has 0 aliphatic rings. The van der Waals surface area contributed by atoms with Gasteiger partial charge in [-0.05, 0) is 49.6 Å². The molecule has 3 heteroatoms. The molecule has 0 amide bonds. The van der Waals surface area contributed by atoms with Crippen molar-refractivity contribution < 1.29 is 4.74 Å². The molecule has 0 spiro atoms. The van der Waals surface area contributed by atoms with Gasteiger partial charge in [0.15, 0.2) is 0 Å². The second-order valence-corrected chi connectivity index (χ2v) is 6.88. The van der Waals surface area contributed by atoms with Crippen LogP contribution in [0, 0.1) is 0 Å². The molecule has 21 heavy (non-hydrogen) atoms. The van der Waals surface area contributed by atoms with Crippen LogP contribution in [0.25, 0.3) is 0 Å². The standard InChI is InChI=1S/C18H23NOS/c1-12(2)14-5-7-17(8-6-14)21-18-10-15(19)9-16(11-18)20-13(3)4/h5-13H,19H2,1-4H3. The summed E-state index contributed by atoms with van der Waals surface area (Å²) in [6, 6.07) is 14.6. The second-order valence-electron chi connectivity index (χ2n) is 5.73. The molecule has 0 fully saturated rings. The zero-order chi connectivity index (χ0) is 15.4. The Morgan fingerprint density at radius 1 is 0.905 bits per heavy atom. The molecule has 0 atom stereocenters. The molecule has 0 bridgehead atoms. The van der Waals surface area contributed by atoms with E-state index in [1.807, 2.05) is 32.0 Å². The van der Waals surface area contributed by atoms with Crippen molar-refractivity contribution >= 4 is 17.4 Å². The number of nitrogens with two attached hydrogens (primary N) is 1. The van der Waals surface area contributed by atoms with Crippen LogP contribution >= 0.6 is 11.8 Å². The summed E-state index contributed by atoms with van der Waals surface area (Å²) in [6.07, 6.45) is 0.148. The Kier molecular flexibility index (Phi) is 5.18. The fraction of sp³-hybridized carbons (Fsp3) is 0.333. The number of hydrogen-bond acceptors (Lipinski definition) is 3. The zero-order valence-electron chi connectivity index (χ0n) is 13.1. The van der Waals surface area contributed by atoms with Gasteiger partial charge in [0.05, 0.1) is 6.10 Å². The van der Waals surface area contributed by atoms with Gasteiger partial charge < -0.3 is 10.5 Å². The van der Waals surface area contributed by atoms with Gasteiger partial charge in [-0.3, -0.25) is 0 Å². The van der Waals surface area contributed by atoms with E-state index in [0.717, 1.165) is 16.3 Å². The smallest absolute Gasteiger partial charge is 0.122 e. The third-order valence-electron chi connectivity index (χ3n) is 3.06. The minimum Gasteiger partial charge on any atom is -0.491 e. The Morgan fingerprint density at radius 3 is 2.14 bits per heavy atom. The van der Waals surface area contributed by atoms with Crippen LogP contribution in [0.1, 0.15) is 39.2 Å². The Morgan fingerprint density at radius 2 is 1.57 bits per heavy atom. The molecule has 0 radical (unpaired) electrons. The van der Waals surface area contributed by atoms with Gasteiger partial charge in [-0.1, -0.05) is 37.7 Å². The number of ether oxygens (including phenoxy) is 1. The van der Waals surface area contributed by atoms with Crippen LogP contribution < -0.4 is 10.5 Å². The predicted octanol–water partition coefficient (Wildman–Crippen LogP) is 5.33. The van der Waals surface area contributed by atoms with E-state index in [1.165, 1.54) is 10.5 Å². The van der Waals surface area contributed by atoms with Crippen LogP contribution in [-0.2, 0) is 0 Å². The van der Waals surface area contributed by atoms with Gasteiger partial charge in [-0.25, -0.2) is 0 Å². The largest absolute Gasteiger partial charge is 0.491 e. The highest BCUT2D eigenvalue weighted by Gasteiger charge is 2.05. The lowest BCUT2D eigenvalue weighted by Crippen LogP contribution is -2.05. The van der Waals surface area contributed by atoms with E-state index in [4.69, 9.17) is 10.5 Å². The number of nitrogen functional groups attached to an aromatic ring is 1. The molecule has 0 heterocycles. The molecule has 0 unspecified atom stereocenters. The lowest BCUT2D eigenvalue weighted by molar-refractivity contribution is 0.242. The molecule has 2 aromatic rings. The third kappa shape index (κ3) is 4.71. The van der Waals surface area contributed by atoms with Crippen LogP contribution in [-0.4, -0.2) is 6.10 Å². The minimum absolute atomic E-state index is 0.148. The summed E-state index contributed by atoms with van der Waals surface area (Å²) in [5.41, 5.74) is 8.05. The fourth-order valence-corrected chi connectivity index (χ4v) is 2.96. The highest BCUT2D eigenvalue weighted by atomic mass is 32.2. The lowest BCUT2D eigenvalue weighted by Gasteiger charge is -2.12. The monoisotopic (exact) mass is 301 g/mol. The van der Waals surface area contributed by atoms with E-state index < -0.39 is 0 Å². The second kappa shape index (κ2) is 6.90. The molecule has 2 N–H and O–H groups in total. The molecule has 2 nitrogen and oxygen atoms in total. The Bertz CT molecular complexity index is 591. The summed E-state index contributed by atoms with van der Waals surface area (Å²) in [5, 5.41) is 0. The van der Waals surface area contributed by atoms with Crippen LogP contribution in [0.2, 0.25) is 0 Å². The van der Waals surface area contributed by atoms with Crippen LogP contribution in [0.15, 0.2) is 52.3 Å². The first-order valence-electron chi connectivity index (χ1n) is 7.29. The van der Waals surface area contributed by atoms with Crippen molar-refractivity contribution in [3.05, 3.63) is 48.0 Å². The van der Waals surface area contributed by atoms with E-state index in [1.54, 1.807) is 11.8 Å². The fourth-order valence-electron chi connectivity index (χ4n) is 2.05. The zero-order valence-corrected chi connectivity index (χ0v) is 13.9. The molecule has 0 saturated carbocycles. The van der Waals surface area contributed by atoms with Gasteiger partial charge in [-0.15, -0.1) is 0 Å². The first-order chi connectivity index (χ1) is 9.94. The van der Waals surface area contributed by atoms with Crippen molar-refractivity contribution in [2.45, 2.75) is 49.5 Å². The van der Waals surface area contributed by atoms with Crippen molar-refractivity contribution in [2.75, 3.05) is 5.73 Å². The molecule has 112 valence electrons. The Hall–Kier alpha value is -1.61. The number of anilines is 1. The molecule has 2 rings (SSSR count). The Labute approximate surface area is 131 Å². The highest BCUT2D eigenvalue weighted by molar-refractivity contribution is 7.99. The molecular weight excluding hydrogens is 278 g/mol. The highest BCUT2D eigenvalue weighted by Crippen LogP contribution is 2.33. The van der Waals surface area contributed by atoms with Gasteiger partial charge in [0.2, 0.25) is 0 Å². The molecule has 0 aromatic heterocycles. The predicted molar refractivity (Wildman–Crippen MR) is 91.3 cm³/mol. The van der Waals surface area contributed by atoms with Gasteiger partial charge in [0.25, 0.3) is 0 Å². The summed E-state index contributed by atoms with van der Waals surface area (Å²) in [7, 11) is 0. The van der Waals surface area contributed by atoms with Crippen molar-refractivity contribution in [3.63, 3.8) is 0 Å². The molecular formula is C18H23NOS. The maximum Gasteiger partial charge on any atom is 0.122 e. The number of benzene rings is 2. The van der Waals surface area contributed by atoms with E-state index in [0.29, 0.717) is 5.92 Å². The summed E-state index contributed by atoms with van der Waals surface area (Å²) >= 11 is 1.70. The molecule has 0 aliphatic carbocycles. The summed E-state index contributed by atoms with van der Waals surface area (Å²) in [4.78, 5) is 2.31. The topological polar surface area (TPSA) is 35.2 Å². The quantitative estimate of drug-likeness (QED) is 0.758. The van der Waals surface area contributed by atoms with E-state index in [-0.39, 0.29) is 6.10 Å². The van der Waals surface area contributed by atoms with Crippen molar-refractivity contribution in [1.29, 1.82) is 0 Å². The summed E-state index contributed by atoms with van der Waals surface area (Å²) in [5.74, 6) is 1.38. The SMILES string of the molecule is CC(C)Oc1cc(N)cc(Sc2ccc(C(C)C)cc2)c1. The lowest BCUT2D eigenvalue weighted by atomic mass is 10.0. The first-order valence-corrected chi connectivity index (χ1v) is 8.10. The van der Waals surface area contributed by atoms with Crippen LogP contribution in [0.3, 0.4) is 0 Å². The van der Waals surface area contributed by atoms with Crippen LogP contribution in [0.4, 0.5) is 5.69 Å². The third-order valence-corrected chi connectivity index (χ3v) is 4.04.